The molecule has 3 fully saturated rings. The van der Waals surface area contributed by atoms with Crippen LogP contribution in [0.2, 0.25) is 0 Å². The minimum atomic E-state index is -1.95. The molecule has 13 N–H and O–H groups in total. The van der Waals surface area contributed by atoms with Gasteiger partial charge < -0.3 is 99.5 Å². The summed E-state index contributed by atoms with van der Waals surface area (Å²) in [4.78, 5) is 11.4. The van der Waals surface area contributed by atoms with E-state index in [2.05, 4.69) is 0 Å². The Bertz CT molecular complexity index is 1850. The molecule has 0 amide bonds. The van der Waals surface area contributed by atoms with Gasteiger partial charge in [-0.3, -0.25) is 4.79 Å². The van der Waals surface area contributed by atoms with Crippen LogP contribution >= 0.6 is 0 Å². The van der Waals surface area contributed by atoms with E-state index in [9.17, 15) is 71.2 Å². The van der Waals surface area contributed by atoms with Crippen LogP contribution in [0.4, 0.5) is 0 Å². The van der Waals surface area contributed by atoms with Crippen LogP contribution in [-0.4, -0.2) is 178 Å². The Morgan fingerprint density at radius 3 is 2.02 bits per heavy atom. The first-order chi connectivity index (χ1) is 26.5. The molecule has 3 aliphatic heterocycles. The quantitative estimate of drug-likeness (QED) is 0.0539. The number of aliphatic hydroxyl groups is 9. The Morgan fingerprint density at radius 2 is 1.36 bits per heavy atom. The van der Waals surface area contributed by atoms with Gasteiger partial charge in [0, 0.05) is 31.2 Å². The maximum atomic E-state index is 11.4. The topological polar surface area (TPSA) is 356 Å². The van der Waals surface area contributed by atoms with Crippen molar-refractivity contribution in [2.75, 3.05) is 19.8 Å². The molecule has 4 heterocycles. The zero-order valence-electron chi connectivity index (χ0n) is 29.1. The molecule has 1 aromatic heterocycles. The fraction of sp³-hybridized carbons (Fsp3) is 0.529. The van der Waals surface area contributed by atoms with Crippen molar-refractivity contribution in [3.63, 3.8) is 0 Å². The number of esters is 1. The average molecular weight is 802 g/mol. The summed E-state index contributed by atoms with van der Waals surface area (Å²) in [6, 6.07) is 5.17. The highest BCUT2D eigenvalue weighted by Crippen LogP contribution is 2.46. The molecule has 0 radical (unpaired) electrons. The van der Waals surface area contributed by atoms with Crippen LogP contribution in [0.1, 0.15) is 6.92 Å². The number of hydrogen-bond acceptors (Lipinski definition) is 21. The molecule has 22 heteroatoms. The fourth-order valence-electron chi connectivity index (χ4n) is 6.24. The van der Waals surface area contributed by atoms with Crippen LogP contribution in [-0.2, 0) is 28.5 Å². The summed E-state index contributed by atoms with van der Waals surface area (Å²) in [5, 5.41) is 135. The number of carbonyl (C=O) groups excluding carboxylic acids is 1. The van der Waals surface area contributed by atoms with E-state index in [4.69, 9.17) is 37.6 Å². The molecule has 308 valence electrons. The smallest absolute Gasteiger partial charge is 0.402 e. The molecule has 14 atom stereocenters. The summed E-state index contributed by atoms with van der Waals surface area (Å²) in [6.07, 6.45) is -24.6. The van der Waals surface area contributed by atoms with Crippen LogP contribution in [0.3, 0.4) is 0 Å². The zero-order chi connectivity index (χ0) is 40.7. The molecule has 3 aromatic rings. The molecule has 0 unspecified atom stereocenters. The van der Waals surface area contributed by atoms with Gasteiger partial charge in [0.15, 0.2) is 29.6 Å². The number of rotatable bonds is 10. The average Bonchev–Trinajstić information content (AvgIpc) is 3.15. The highest BCUT2D eigenvalue weighted by molar-refractivity contribution is 5.89. The van der Waals surface area contributed by atoms with Crippen LogP contribution in [0.15, 0.2) is 34.7 Å². The fourth-order valence-corrected chi connectivity index (χ4v) is 6.24. The van der Waals surface area contributed by atoms with Crippen molar-refractivity contribution < 1.29 is 109 Å². The van der Waals surface area contributed by atoms with Gasteiger partial charge >= 0.3 is 17.3 Å². The van der Waals surface area contributed by atoms with E-state index in [0.29, 0.717) is 0 Å². The molecular weight excluding hydrogens is 760 g/mol. The lowest BCUT2D eigenvalue weighted by molar-refractivity contribution is -0.344. The van der Waals surface area contributed by atoms with Gasteiger partial charge in [-0.1, -0.05) is 0 Å². The SMILES string of the molecule is CC(=O)OC[C@H]1O[C@@H](Oc2cc(O)cc3[o+]c(-c4cc(O)c(O)c(O)c4)c(O[C@@H]4O[C@@H](CO)[C@H](O)[C@H](O)[C@@H]4O[C@H]4OC[C@H](O)[C@H](O)[C@H]4O)cc23)[C@H](O)[C@@H](O)[C@@H]1O. The molecule has 2 aromatic carbocycles. The summed E-state index contributed by atoms with van der Waals surface area (Å²) in [7, 11) is 0. The lowest BCUT2D eigenvalue weighted by Crippen LogP contribution is -2.63. The summed E-state index contributed by atoms with van der Waals surface area (Å²) in [5.74, 6) is -4.93. The standard InChI is InChI=1S/C34H40O22/c1-10(36)49-9-21-25(44)26(45)29(48)33(55-21)52-18-5-12(37)4-17-13(18)6-19(30(51-17)11-2-14(38)22(41)15(39)3-11)53-34-31(27(46)24(43)20(7-35)54-34)56-32-28(47)23(42)16(40)8-50-32/h2-6,16,20-21,23-29,31-35,40,42-48H,7-9H2,1H3,(H3-,37,38,39,41)/p+1/t16-,20-,21+,23-,24-,25+,26-,27-,28+,29+,31-,32+,33+,34+/m0/s1. The molecule has 0 bridgehead atoms. The van der Waals surface area contributed by atoms with Gasteiger partial charge in [-0.25, -0.2) is 4.42 Å². The Kier molecular flexibility index (Phi) is 12.2. The number of carbonyl (C=O) groups is 1. The lowest BCUT2D eigenvalue weighted by Gasteiger charge is -2.44. The second-order valence-corrected chi connectivity index (χ2v) is 13.3. The van der Waals surface area contributed by atoms with Crippen molar-refractivity contribution >= 4 is 16.9 Å². The van der Waals surface area contributed by atoms with E-state index in [0.717, 1.165) is 31.2 Å². The lowest BCUT2D eigenvalue weighted by atomic mass is 9.98. The van der Waals surface area contributed by atoms with Crippen LogP contribution in [0.25, 0.3) is 22.3 Å². The van der Waals surface area contributed by atoms with Gasteiger partial charge in [-0.2, -0.15) is 0 Å². The van der Waals surface area contributed by atoms with E-state index >= 15 is 0 Å². The Morgan fingerprint density at radius 1 is 0.732 bits per heavy atom. The van der Waals surface area contributed by atoms with Crippen LogP contribution in [0.5, 0.6) is 34.5 Å². The molecule has 22 nitrogen and oxygen atoms in total. The third-order valence-corrected chi connectivity index (χ3v) is 9.31. The summed E-state index contributed by atoms with van der Waals surface area (Å²) in [5.41, 5.74) is -0.406. The first-order valence-electron chi connectivity index (χ1n) is 17.0. The van der Waals surface area contributed by atoms with Crippen molar-refractivity contribution in [3.8, 4) is 45.8 Å². The molecule has 6 rings (SSSR count). The number of hydrogen-bond donors (Lipinski definition) is 13. The van der Waals surface area contributed by atoms with Crippen LogP contribution in [0, 0.1) is 0 Å². The molecule has 3 aliphatic rings. The van der Waals surface area contributed by atoms with Gasteiger partial charge in [0.25, 0.3) is 0 Å². The number of aromatic hydroxyl groups is 4. The Hall–Kier alpha value is -4.40. The van der Waals surface area contributed by atoms with Crippen molar-refractivity contribution in [1.29, 1.82) is 0 Å². The van der Waals surface area contributed by atoms with Gasteiger partial charge in [0.1, 0.15) is 84.5 Å². The number of ether oxygens (including phenoxy) is 7. The Labute approximate surface area is 314 Å². The predicted molar refractivity (Wildman–Crippen MR) is 178 cm³/mol. The maximum absolute atomic E-state index is 11.4. The summed E-state index contributed by atoms with van der Waals surface area (Å²) in [6.45, 7) is -0.843. The Balaban J connectivity index is 1.44. The van der Waals surface area contributed by atoms with Crippen LogP contribution < -0.4 is 9.47 Å². The number of benzene rings is 2. The van der Waals surface area contributed by atoms with E-state index in [-0.39, 0.29) is 28.0 Å². The zero-order valence-corrected chi connectivity index (χ0v) is 29.1. The van der Waals surface area contributed by atoms with Gasteiger partial charge in [0.05, 0.1) is 24.8 Å². The number of aliphatic hydroxyl groups excluding tert-OH is 9. The minimum absolute atomic E-state index is 0.0996. The molecule has 0 aliphatic carbocycles. The monoisotopic (exact) mass is 801 g/mol. The predicted octanol–water partition coefficient (Wildman–Crippen LogP) is -3.41. The minimum Gasteiger partial charge on any atom is -0.507 e. The van der Waals surface area contributed by atoms with Gasteiger partial charge in [0.2, 0.25) is 18.3 Å². The molecule has 3 saturated heterocycles. The number of fused-ring (bicyclic) bond motifs is 1. The number of phenols is 4. The van der Waals surface area contributed by atoms with Crippen molar-refractivity contribution in [3.05, 3.63) is 30.3 Å². The van der Waals surface area contributed by atoms with Gasteiger partial charge in [-0.15, -0.1) is 0 Å². The van der Waals surface area contributed by atoms with E-state index < -0.39 is 141 Å². The summed E-state index contributed by atoms with van der Waals surface area (Å²) >= 11 is 0. The molecule has 56 heavy (non-hydrogen) atoms. The van der Waals surface area contributed by atoms with E-state index in [1.165, 1.54) is 6.07 Å². The van der Waals surface area contributed by atoms with Gasteiger partial charge in [-0.05, 0) is 0 Å². The first-order valence-corrected chi connectivity index (χ1v) is 17.0. The molecule has 0 saturated carbocycles. The molecule has 0 spiro atoms. The number of phenolic OH excluding ortho intramolecular Hbond substituents is 4. The molecular formula is C34H41O22+. The van der Waals surface area contributed by atoms with Crippen molar-refractivity contribution in [2.24, 2.45) is 0 Å². The first kappa shape index (κ1) is 41.2. The van der Waals surface area contributed by atoms with Crippen molar-refractivity contribution in [2.45, 2.75) is 92.9 Å². The second kappa shape index (κ2) is 16.6. The highest BCUT2D eigenvalue weighted by atomic mass is 16.8. The highest BCUT2D eigenvalue weighted by Gasteiger charge is 2.51. The van der Waals surface area contributed by atoms with Crippen molar-refractivity contribution in [1.82, 2.24) is 0 Å². The van der Waals surface area contributed by atoms with E-state index in [1.807, 2.05) is 0 Å². The second-order valence-electron chi connectivity index (χ2n) is 13.3. The maximum Gasteiger partial charge on any atom is 0.402 e. The largest absolute Gasteiger partial charge is 0.507 e. The third kappa shape index (κ3) is 8.19. The normalized spacial score (nSPS) is 34.9. The third-order valence-electron chi connectivity index (χ3n) is 9.31. The van der Waals surface area contributed by atoms with E-state index in [1.54, 1.807) is 0 Å². The summed E-state index contributed by atoms with van der Waals surface area (Å²) < 4.78 is 45.3.